The van der Waals surface area contributed by atoms with Gasteiger partial charge in [0.2, 0.25) is 0 Å². The molecule has 98 valence electrons. The van der Waals surface area contributed by atoms with Gasteiger partial charge in [-0.2, -0.15) is 0 Å². The van der Waals surface area contributed by atoms with Crippen molar-refractivity contribution >= 4 is 5.84 Å². The Morgan fingerprint density at radius 1 is 1.50 bits per heavy atom. The molecule has 0 bridgehead atoms. The lowest BCUT2D eigenvalue weighted by Gasteiger charge is -2.38. The first-order valence-electron chi connectivity index (χ1n) is 6.56. The lowest BCUT2D eigenvalue weighted by molar-refractivity contribution is 0.164. The maximum atomic E-state index is 7.64. The van der Waals surface area contributed by atoms with Gasteiger partial charge in [0.25, 0.3) is 0 Å². The molecule has 0 atom stereocenters. The van der Waals surface area contributed by atoms with Crippen LogP contribution in [0.15, 0.2) is 24.5 Å². The van der Waals surface area contributed by atoms with Gasteiger partial charge >= 0.3 is 0 Å². The van der Waals surface area contributed by atoms with E-state index in [1.807, 2.05) is 18.5 Å². The summed E-state index contributed by atoms with van der Waals surface area (Å²) in [5.41, 5.74) is 6.88. The molecule has 0 spiro atoms. The monoisotopic (exact) mass is 246 g/mol. The standard InChI is InChI=1S/C14H22N4/c1-14(13(15)16)5-9-18(10-6-14)8-4-12-3-2-7-17-11-12/h2-3,7,11H,4-6,8-10H2,1H3,(H3,15,16). The number of piperidine rings is 1. The van der Waals surface area contributed by atoms with Crippen molar-refractivity contribution in [2.45, 2.75) is 26.2 Å². The second-order valence-electron chi connectivity index (χ2n) is 5.43. The highest BCUT2D eigenvalue weighted by Crippen LogP contribution is 2.30. The van der Waals surface area contributed by atoms with E-state index in [4.69, 9.17) is 11.1 Å². The van der Waals surface area contributed by atoms with Crippen LogP contribution in [-0.2, 0) is 6.42 Å². The van der Waals surface area contributed by atoms with E-state index < -0.39 is 0 Å². The molecule has 0 radical (unpaired) electrons. The fourth-order valence-corrected chi connectivity index (χ4v) is 2.37. The average molecular weight is 246 g/mol. The molecule has 0 aromatic carbocycles. The number of rotatable bonds is 4. The maximum absolute atomic E-state index is 7.64. The van der Waals surface area contributed by atoms with Crippen molar-refractivity contribution in [2.24, 2.45) is 11.1 Å². The normalized spacial score (nSPS) is 19.6. The Balaban J connectivity index is 1.79. The first-order chi connectivity index (χ1) is 8.60. The van der Waals surface area contributed by atoms with Gasteiger partial charge in [-0.3, -0.25) is 10.4 Å². The van der Waals surface area contributed by atoms with E-state index in [9.17, 15) is 0 Å². The zero-order valence-corrected chi connectivity index (χ0v) is 11.0. The topological polar surface area (TPSA) is 66.0 Å². The van der Waals surface area contributed by atoms with E-state index in [1.54, 1.807) is 0 Å². The van der Waals surface area contributed by atoms with Crippen molar-refractivity contribution in [1.29, 1.82) is 5.41 Å². The van der Waals surface area contributed by atoms with Crippen LogP contribution in [0, 0.1) is 10.8 Å². The number of hydrogen-bond donors (Lipinski definition) is 2. The van der Waals surface area contributed by atoms with E-state index in [1.165, 1.54) is 5.56 Å². The van der Waals surface area contributed by atoms with Gasteiger partial charge in [-0.15, -0.1) is 0 Å². The first-order valence-corrected chi connectivity index (χ1v) is 6.56. The van der Waals surface area contributed by atoms with Gasteiger partial charge in [0.05, 0.1) is 5.84 Å². The van der Waals surface area contributed by atoms with Gasteiger partial charge in [-0.1, -0.05) is 13.0 Å². The molecular weight excluding hydrogens is 224 g/mol. The van der Waals surface area contributed by atoms with Gasteiger partial charge in [-0.05, 0) is 44.0 Å². The third kappa shape index (κ3) is 3.07. The molecule has 18 heavy (non-hydrogen) atoms. The van der Waals surface area contributed by atoms with Crippen molar-refractivity contribution in [1.82, 2.24) is 9.88 Å². The molecule has 4 nitrogen and oxygen atoms in total. The molecule has 1 aromatic heterocycles. The molecule has 1 aliphatic heterocycles. The van der Waals surface area contributed by atoms with Gasteiger partial charge in [0, 0.05) is 24.4 Å². The number of hydrogen-bond acceptors (Lipinski definition) is 3. The number of nitrogens with zero attached hydrogens (tertiary/aromatic N) is 2. The Bertz CT molecular complexity index is 394. The van der Waals surface area contributed by atoms with Crippen LogP contribution in [0.4, 0.5) is 0 Å². The third-order valence-electron chi connectivity index (χ3n) is 4.05. The molecular formula is C14H22N4. The molecule has 3 N–H and O–H groups in total. The minimum atomic E-state index is -0.0786. The summed E-state index contributed by atoms with van der Waals surface area (Å²) in [6.07, 6.45) is 6.78. The Morgan fingerprint density at radius 2 is 2.22 bits per heavy atom. The van der Waals surface area contributed by atoms with Crippen LogP contribution in [0.25, 0.3) is 0 Å². The third-order valence-corrected chi connectivity index (χ3v) is 4.05. The van der Waals surface area contributed by atoms with Crippen molar-refractivity contribution in [3.8, 4) is 0 Å². The van der Waals surface area contributed by atoms with E-state index >= 15 is 0 Å². The average Bonchev–Trinajstić information content (AvgIpc) is 2.39. The minimum absolute atomic E-state index is 0.0786. The van der Waals surface area contributed by atoms with Crippen LogP contribution in [0.3, 0.4) is 0 Å². The number of aromatic nitrogens is 1. The van der Waals surface area contributed by atoms with Crippen LogP contribution >= 0.6 is 0 Å². The molecule has 0 saturated carbocycles. The zero-order valence-electron chi connectivity index (χ0n) is 11.0. The zero-order chi connectivity index (χ0) is 13.0. The fraction of sp³-hybridized carbons (Fsp3) is 0.571. The number of nitrogens with one attached hydrogen (secondary N) is 1. The van der Waals surface area contributed by atoms with E-state index in [-0.39, 0.29) is 5.41 Å². The van der Waals surface area contributed by atoms with Crippen LogP contribution in [0.5, 0.6) is 0 Å². The molecule has 1 fully saturated rings. The largest absolute Gasteiger partial charge is 0.387 e. The van der Waals surface area contributed by atoms with Gasteiger partial charge in [0.1, 0.15) is 0 Å². The predicted molar refractivity (Wildman–Crippen MR) is 73.6 cm³/mol. The number of likely N-dealkylation sites (tertiary alicyclic amines) is 1. The summed E-state index contributed by atoms with van der Waals surface area (Å²) in [5.74, 6) is 0.342. The smallest absolute Gasteiger partial charge is 0.0966 e. The fourth-order valence-electron chi connectivity index (χ4n) is 2.37. The molecule has 0 unspecified atom stereocenters. The van der Waals surface area contributed by atoms with Crippen molar-refractivity contribution in [2.75, 3.05) is 19.6 Å². The Kier molecular flexibility index (Phi) is 3.97. The molecule has 1 saturated heterocycles. The summed E-state index contributed by atoms with van der Waals surface area (Å²) < 4.78 is 0. The van der Waals surface area contributed by atoms with Gasteiger partial charge in [0.15, 0.2) is 0 Å². The minimum Gasteiger partial charge on any atom is -0.387 e. The SMILES string of the molecule is CC1(C(=N)N)CCN(CCc2cccnc2)CC1. The number of amidine groups is 1. The van der Waals surface area contributed by atoms with Crippen molar-refractivity contribution in [3.63, 3.8) is 0 Å². The summed E-state index contributed by atoms with van der Waals surface area (Å²) in [5, 5.41) is 7.64. The maximum Gasteiger partial charge on any atom is 0.0966 e. The Labute approximate surface area is 109 Å². The lowest BCUT2D eigenvalue weighted by atomic mass is 9.79. The van der Waals surface area contributed by atoms with Crippen molar-refractivity contribution in [3.05, 3.63) is 30.1 Å². The second-order valence-corrected chi connectivity index (χ2v) is 5.43. The molecule has 1 aliphatic rings. The highest BCUT2D eigenvalue weighted by molar-refractivity contribution is 5.83. The molecule has 2 heterocycles. The van der Waals surface area contributed by atoms with Crippen LogP contribution < -0.4 is 5.73 Å². The summed E-state index contributed by atoms with van der Waals surface area (Å²) in [7, 11) is 0. The van der Waals surface area contributed by atoms with Gasteiger partial charge < -0.3 is 10.6 Å². The summed E-state index contributed by atoms with van der Waals surface area (Å²) in [6.45, 7) is 5.25. The second kappa shape index (κ2) is 5.48. The molecule has 0 amide bonds. The summed E-state index contributed by atoms with van der Waals surface area (Å²) >= 11 is 0. The quantitative estimate of drug-likeness (QED) is 0.627. The highest BCUT2D eigenvalue weighted by atomic mass is 15.1. The molecule has 0 aliphatic carbocycles. The summed E-state index contributed by atoms with van der Waals surface area (Å²) in [6, 6.07) is 4.11. The lowest BCUT2D eigenvalue weighted by Crippen LogP contribution is -2.45. The van der Waals surface area contributed by atoms with Crippen LogP contribution in [-0.4, -0.2) is 35.4 Å². The number of pyridine rings is 1. The molecule has 4 heteroatoms. The van der Waals surface area contributed by atoms with E-state index in [0.29, 0.717) is 5.84 Å². The summed E-state index contributed by atoms with van der Waals surface area (Å²) in [4.78, 5) is 6.59. The van der Waals surface area contributed by atoms with Crippen molar-refractivity contribution < 1.29 is 0 Å². The van der Waals surface area contributed by atoms with Gasteiger partial charge in [-0.25, -0.2) is 0 Å². The predicted octanol–water partition coefficient (Wildman–Crippen LogP) is 1.66. The first kappa shape index (κ1) is 13.0. The van der Waals surface area contributed by atoms with E-state index in [2.05, 4.69) is 22.9 Å². The molecule has 1 aromatic rings. The Morgan fingerprint density at radius 3 is 2.78 bits per heavy atom. The van der Waals surface area contributed by atoms with E-state index in [0.717, 1.165) is 38.9 Å². The van der Waals surface area contributed by atoms with Crippen LogP contribution in [0.2, 0.25) is 0 Å². The molecule has 2 rings (SSSR count). The van der Waals surface area contributed by atoms with Crippen LogP contribution in [0.1, 0.15) is 25.3 Å². The Hall–Kier alpha value is -1.42. The highest BCUT2D eigenvalue weighted by Gasteiger charge is 2.32. The number of nitrogens with two attached hydrogens (primary N) is 1.